The summed E-state index contributed by atoms with van der Waals surface area (Å²) >= 11 is 0. The van der Waals surface area contributed by atoms with Crippen LogP contribution in [0.3, 0.4) is 0 Å². The number of amides is 1. The van der Waals surface area contributed by atoms with Crippen molar-refractivity contribution in [3.63, 3.8) is 0 Å². The first-order chi connectivity index (χ1) is 5.91. The van der Waals surface area contributed by atoms with Gasteiger partial charge < -0.3 is 11.1 Å². The van der Waals surface area contributed by atoms with Gasteiger partial charge in [0.1, 0.15) is 0 Å². The minimum absolute atomic E-state index is 0.121. The van der Waals surface area contributed by atoms with Crippen LogP contribution in [-0.4, -0.2) is 42.0 Å². The molecule has 1 heterocycles. The summed E-state index contributed by atoms with van der Waals surface area (Å²) in [6, 6.07) is -0.187. The fraction of sp³-hybridized carbons (Fsp3) is 0.889. The van der Waals surface area contributed by atoms with E-state index in [2.05, 4.69) is 31.0 Å². The lowest BCUT2D eigenvalue weighted by atomic mass is 10.0. The molecule has 4 heteroatoms. The Hall–Kier alpha value is -0.610. The van der Waals surface area contributed by atoms with E-state index in [-0.39, 0.29) is 17.5 Å². The van der Waals surface area contributed by atoms with Gasteiger partial charge in [0.25, 0.3) is 0 Å². The smallest absolute Gasteiger partial charge is 0.235 e. The van der Waals surface area contributed by atoms with Crippen LogP contribution in [0.5, 0.6) is 0 Å². The van der Waals surface area contributed by atoms with Gasteiger partial charge in [0.2, 0.25) is 5.91 Å². The summed E-state index contributed by atoms with van der Waals surface area (Å²) in [6.45, 7) is 8.99. The molecule has 0 aromatic heterocycles. The van der Waals surface area contributed by atoms with E-state index in [0.717, 1.165) is 19.6 Å². The second-order valence-electron chi connectivity index (χ2n) is 4.53. The largest absolute Gasteiger partial charge is 0.368 e. The van der Waals surface area contributed by atoms with E-state index >= 15 is 0 Å². The third-order valence-electron chi connectivity index (χ3n) is 2.47. The van der Waals surface area contributed by atoms with Gasteiger partial charge in [-0.05, 0) is 20.8 Å². The third kappa shape index (κ3) is 2.67. The molecule has 1 unspecified atom stereocenters. The maximum atomic E-state index is 11.0. The maximum Gasteiger partial charge on any atom is 0.235 e. The standard InChI is InChI=1S/C9H19N3O/c1-9(2,3)12-5-4-11-7(6-12)8(10)13/h7,11H,4-6H2,1-3H3,(H2,10,13). The molecule has 1 aliphatic rings. The lowest BCUT2D eigenvalue weighted by molar-refractivity contribution is -0.121. The summed E-state index contributed by atoms with van der Waals surface area (Å²) in [5.74, 6) is -0.256. The number of carbonyl (C=O) groups is 1. The topological polar surface area (TPSA) is 58.4 Å². The Labute approximate surface area is 79.5 Å². The Balaban J connectivity index is 2.57. The monoisotopic (exact) mass is 185 g/mol. The SMILES string of the molecule is CC(C)(C)N1CCNC(C(N)=O)C1. The van der Waals surface area contributed by atoms with Crippen LogP contribution >= 0.6 is 0 Å². The van der Waals surface area contributed by atoms with Crippen LogP contribution in [0.4, 0.5) is 0 Å². The van der Waals surface area contributed by atoms with Gasteiger partial charge in [-0.2, -0.15) is 0 Å². The van der Waals surface area contributed by atoms with Crippen molar-refractivity contribution in [1.82, 2.24) is 10.2 Å². The number of nitrogens with one attached hydrogen (secondary N) is 1. The van der Waals surface area contributed by atoms with Gasteiger partial charge >= 0.3 is 0 Å². The van der Waals surface area contributed by atoms with Crippen molar-refractivity contribution in [1.29, 1.82) is 0 Å². The number of hydrogen-bond donors (Lipinski definition) is 2. The Morgan fingerprint density at radius 3 is 2.62 bits per heavy atom. The number of primary amides is 1. The molecule has 1 saturated heterocycles. The number of piperazine rings is 1. The van der Waals surface area contributed by atoms with Gasteiger partial charge in [0.05, 0.1) is 6.04 Å². The molecule has 1 fully saturated rings. The molecule has 0 spiro atoms. The van der Waals surface area contributed by atoms with Crippen molar-refractivity contribution in [2.75, 3.05) is 19.6 Å². The first kappa shape index (κ1) is 10.5. The molecule has 0 aromatic rings. The number of hydrogen-bond acceptors (Lipinski definition) is 3. The van der Waals surface area contributed by atoms with Crippen molar-refractivity contribution >= 4 is 5.91 Å². The molecule has 1 rings (SSSR count). The highest BCUT2D eigenvalue weighted by molar-refractivity contribution is 5.80. The fourth-order valence-corrected chi connectivity index (χ4v) is 1.55. The summed E-state index contributed by atoms with van der Waals surface area (Å²) in [5.41, 5.74) is 5.37. The van der Waals surface area contributed by atoms with Crippen LogP contribution in [-0.2, 0) is 4.79 Å². The van der Waals surface area contributed by atoms with Crippen molar-refractivity contribution < 1.29 is 4.79 Å². The van der Waals surface area contributed by atoms with E-state index < -0.39 is 0 Å². The van der Waals surface area contributed by atoms with Crippen LogP contribution in [0.1, 0.15) is 20.8 Å². The highest BCUT2D eigenvalue weighted by atomic mass is 16.1. The maximum absolute atomic E-state index is 11.0. The minimum atomic E-state index is -0.256. The molecule has 0 saturated carbocycles. The minimum Gasteiger partial charge on any atom is -0.368 e. The van der Waals surface area contributed by atoms with Crippen LogP contribution in [0.2, 0.25) is 0 Å². The van der Waals surface area contributed by atoms with Crippen molar-refractivity contribution in [3.8, 4) is 0 Å². The van der Waals surface area contributed by atoms with Crippen LogP contribution in [0.25, 0.3) is 0 Å². The molecule has 1 amide bonds. The van der Waals surface area contributed by atoms with E-state index in [1.54, 1.807) is 0 Å². The summed E-state index contributed by atoms with van der Waals surface area (Å²) < 4.78 is 0. The highest BCUT2D eigenvalue weighted by Crippen LogP contribution is 2.14. The van der Waals surface area contributed by atoms with Crippen molar-refractivity contribution in [2.45, 2.75) is 32.4 Å². The Kier molecular flexibility index (Phi) is 2.93. The normalized spacial score (nSPS) is 25.9. The first-order valence-electron chi connectivity index (χ1n) is 4.69. The quantitative estimate of drug-likeness (QED) is 0.581. The predicted molar refractivity (Wildman–Crippen MR) is 52.3 cm³/mol. The van der Waals surface area contributed by atoms with E-state index in [1.165, 1.54) is 0 Å². The molecule has 76 valence electrons. The highest BCUT2D eigenvalue weighted by Gasteiger charge is 2.29. The van der Waals surface area contributed by atoms with Gasteiger partial charge in [-0.1, -0.05) is 0 Å². The molecule has 13 heavy (non-hydrogen) atoms. The zero-order chi connectivity index (χ0) is 10.1. The van der Waals surface area contributed by atoms with E-state index in [9.17, 15) is 4.79 Å². The predicted octanol–water partition coefficient (Wildman–Crippen LogP) is -0.456. The molecule has 0 aliphatic carbocycles. The van der Waals surface area contributed by atoms with Crippen molar-refractivity contribution in [2.24, 2.45) is 5.73 Å². The van der Waals surface area contributed by atoms with Gasteiger partial charge in [-0.25, -0.2) is 0 Å². The van der Waals surface area contributed by atoms with Gasteiger partial charge in [0, 0.05) is 25.2 Å². The molecule has 0 radical (unpaired) electrons. The number of rotatable bonds is 1. The lowest BCUT2D eigenvalue weighted by Gasteiger charge is -2.41. The van der Waals surface area contributed by atoms with E-state index in [0.29, 0.717) is 0 Å². The number of carbonyl (C=O) groups excluding carboxylic acids is 1. The summed E-state index contributed by atoms with van der Waals surface area (Å²) in [6.07, 6.45) is 0. The Bertz CT molecular complexity index is 198. The van der Waals surface area contributed by atoms with Gasteiger partial charge in [0.15, 0.2) is 0 Å². The van der Waals surface area contributed by atoms with E-state index in [1.807, 2.05) is 0 Å². The lowest BCUT2D eigenvalue weighted by Crippen LogP contribution is -2.60. The van der Waals surface area contributed by atoms with E-state index in [4.69, 9.17) is 5.73 Å². The Morgan fingerprint density at radius 1 is 1.54 bits per heavy atom. The molecule has 1 aliphatic heterocycles. The molecular formula is C9H19N3O. The number of nitrogens with zero attached hydrogens (tertiary/aromatic N) is 1. The second-order valence-corrected chi connectivity index (χ2v) is 4.53. The zero-order valence-corrected chi connectivity index (χ0v) is 8.63. The first-order valence-corrected chi connectivity index (χ1v) is 4.69. The second kappa shape index (κ2) is 3.64. The Morgan fingerprint density at radius 2 is 2.15 bits per heavy atom. The molecule has 4 nitrogen and oxygen atoms in total. The average molecular weight is 185 g/mol. The summed E-state index contributed by atoms with van der Waals surface area (Å²) in [5, 5.41) is 3.10. The van der Waals surface area contributed by atoms with Crippen LogP contribution < -0.4 is 11.1 Å². The third-order valence-corrected chi connectivity index (χ3v) is 2.47. The molecule has 0 aromatic carbocycles. The number of nitrogens with two attached hydrogens (primary N) is 1. The molecule has 0 bridgehead atoms. The summed E-state index contributed by atoms with van der Waals surface area (Å²) in [4.78, 5) is 13.2. The molecule has 3 N–H and O–H groups in total. The van der Waals surface area contributed by atoms with Crippen LogP contribution in [0.15, 0.2) is 0 Å². The van der Waals surface area contributed by atoms with Gasteiger partial charge in [-0.3, -0.25) is 9.69 Å². The van der Waals surface area contributed by atoms with Crippen molar-refractivity contribution in [3.05, 3.63) is 0 Å². The van der Waals surface area contributed by atoms with Crippen LogP contribution in [0, 0.1) is 0 Å². The van der Waals surface area contributed by atoms with Gasteiger partial charge in [-0.15, -0.1) is 0 Å². The molecule has 1 atom stereocenters. The molecular weight excluding hydrogens is 166 g/mol. The fourth-order valence-electron chi connectivity index (χ4n) is 1.55. The average Bonchev–Trinajstić information content (AvgIpc) is 2.03. The summed E-state index contributed by atoms with van der Waals surface area (Å²) in [7, 11) is 0. The zero-order valence-electron chi connectivity index (χ0n) is 8.63.